The van der Waals surface area contributed by atoms with Crippen LogP contribution in [0.2, 0.25) is 0 Å². The van der Waals surface area contributed by atoms with Crippen molar-refractivity contribution in [3.8, 4) is 0 Å². The molecule has 0 amide bonds. The number of hydrogen-bond acceptors (Lipinski definition) is 1. The summed E-state index contributed by atoms with van der Waals surface area (Å²) in [4.78, 5) is 0. The zero-order valence-corrected chi connectivity index (χ0v) is 11.8. The summed E-state index contributed by atoms with van der Waals surface area (Å²) in [6.45, 7) is 0.990. The smallest absolute Gasteiger partial charge is 0.123 e. The number of rotatable bonds is 3. The van der Waals surface area contributed by atoms with Crippen LogP contribution < -0.4 is 5.32 Å². The van der Waals surface area contributed by atoms with E-state index in [1.165, 1.54) is 16.7 Å². The summed E-state index contributed by atoms with van der Waals surface area (Å²) >= 11 is 0. The van der Waals surface area contributed by atoms with Crippen LogP contribution in [0, 0.1) is 5.82 Å². The maximum Gasteiger partial charge on any atom is 0.123 e. The molecule has 1 aliphatic carbocycles. The summed E-state index contributed by atoms with van der Waals surface area (Å²) in [6.07, 6.45) is 2.99. The fraction of sp³-hybridized carbons (Fsp3) is 0.333. The second-order valence-electron chi connectivity index (χ2n) is 5.58. The minimum atomic E-state index is -0.129. The first kappa shape index (κ1) is 13.3. The first-order valence-corrected chi connectivity index (χ1v) is 7.27. The lowest BCUT2D eigenvalue weighted by atomic mass is 9.88. The topological polar surface area (TPSA) is 12.0 Å². The zero-order valence-electron chi connectivity index (χ0n) is 11.8. The third kappa shape index (κ3) is 2.61. The molecular weight excluding hydrogens is 249 g/mol. The van der Waals surface area contributed by atoms with Gasteiger partial charge in [0.2, 0.25) is 0 Å². The van der Waals surface area contributed by atoms with Gasteiger partial charge in [-0.05, 0) is 73.2 Å². The average Bonchev–Trinajstić information content (AvgIpc) is 2.60. The fourth-order valence-electron chi connectivity index (χ4n) is 3.21. The van der Waals surface area contributed by atoms with Gasteiger partial charge in [0.1, 0.15) is 5.82 Å². The number of nitrogens with one attached hydrogen (secondary N) is 1. The standard InChI is InChI=1S/C18H20FN/c1-20-9-8-15-10-13-4-2-3-5-14(13)11-16-12-17(19)6-7-18(15)16/h2-7,12,15,20H,8-11H2,1H3. The largest absolute Gasteiger partial charge is 0.320 e. The molecule has 0 saturated heterocycles. The van der Waals surface area contributed by atoms with Crippen LogP contribution in [0.25, 0.3) is 0 Å². The molecule has 0 bridgehead atoms. The van der Waals surface area contributed by atoms with Gasteiger partial charge in [0.05, 0.1) is 0 Å². The highest BCUT2D eigenvalue weighted by atomic mass is 19.1. The Bertz CT molecular complexity index is 606. The molecule has 0 fully saturated rings. The minimum absolute atomic E-state index is 0.129. The van der Waals surface area contributed by atoms with E-state index in [1.807, 2.05) is 13.1 Å². The van der Waals surface area contributed by atoms with Gasteiger partial charge in [0, 0.05) is 0 Å². The van der Waals surface area contributed by atoms with Crippen molar-refractivity contribution >= 4 is 0 Å². The summed E-state index contributed by atoms with van der Waals surface area (Å²) in [6, 6.07) is 13.9. The Balaban J connectivity index is 2.04. The van der Waals surface area contributed by atoms with Gasteiger partial charge in [0.15, 0.2) is 0 Å². The second-order valence-corrected chi connectivity index (χ2v) is 5.58. The van der Waals surface area contributed by atoms with E-state index in [4.69, 9.17) is 0 Å². The van der Waals surface area contributed by atoms with Crippen LogP contribution in [0.3, 0.4) is 0 Å². The fourth-order valence-corrected chi connectivity index (χ4v) is 3.21. The van der Waals surface area contributed by atoms with Crippen molar-refractivity contribution in [2.24, 2.45) is 0 Å². The average molecular weight is 269 g/mol. The van der Waals surface area contributed by atoms with Crippen LogP contribution in [0.4, 0.5) is 4.39 Å². The van der Waals surface area contributed by atoms with Crippen molar-refractivity contribution in [3.63, 3.8) is 0 Å². The lowest BCUT2D eigenvalue weighted by Gasteiger charge is -2.18. The van der Waals surface area contributed by atoms with Crippen molar-refractivity contribution < 1.29 is 4.39 Å². The lowest BCUT2D eigenvalue weighted by molar-refractivity contribution is 0.588. The summed E-state index contributed by atoms with van der Waals surface area (Å²) < 4.78 is 13.6. The summed E-state index contributed by atoms with van der Waals surface area (Å²) in [5, 5.41) is 3.23. The molecule has 1 unspecified atom stereocenters. The summed E-state index contributed by atoms with van der Waals surface area (Å²) in [5.74, 6) is 0.345. The molecule has 20 heavy (non-hydrogen) atoms. The predicted molar refractivity (Wildman–Crippen MR) is 80.6 cm³/mol. The van der Waals surface area contributed by atoms with Gasteiger partial charge in [-0.3, -0.25) is 0 Å². The van der Waals surface area contributed by atoms with Crippen LogP contribution in [0.15, 0.2) is 42.5 Å². The van der Waals surface area contributed by atoms with E-state index in [2.05, 4.69) is 29.6 Å². The molecule has 1 aliphatic rings. The molecule has 0 spiro atoms. The van der Waals surface area contributed by atoms with Crippen molar-refractivity contribution in [3.05, 3.63) is 70.5 Å². The molecule has 104 valence electrons. The maximum absolute atomic E-state index is 13.6. The first-order chi connectivity index (χ1) is 9.78. The van der Waals surface area contributed by atoms with Crippen LogP contribution in [-0.4, -0.2) is 13.6 Å². The molecule has 1 atom stereocenters. The van der Waals surface area contributed by atoms with E-state index in [9.17, 15) is 4.39 Å². The molecule has 0 saturated carbocycles. The van der Waals surface area contributed by atoms with E-state index in [0.29, 0.717) is 5.92 Å². The van der Waals surface area contributed by atoms with Crippen molar-refractivity contribution in [1.82, 2.24) is 5.32 Å². The van der Waals surface area contributed by atoms with E-state index in [1.54, 1.807) is 12.1 Å². The molecule has 0 radical (unpaired) electrons. The first-order valence-electron chi connectivity index (χ1n) is 7.27. The number of fused-ring (bicyclic) bond motifs is 2. The van der Waals surface area contributed by atoms with Crippen LogP contribution >= 0.6 is 0 Å². The Morgan fingerprint density at radius 3 is 2.70 bits per heavy atom. The number of hydrogen-bond donors (Lipinski definition) is 1. The van der Waals surface area contributed by atoms with Crippen molar-refractivity contribution in [2.45, 2.75) is 25.2 Å². The quantitative estimate of drug-likeness (QED) is 0.896. The van der Waals surface area contributed by atoms with E-state index >= 15 is 0 Å². The molecule has 1 N–H and O–H groups in total. The van der Waals surface area contributed by atoms with Gasteiger partial charge in [-0.15, -0.1) is 0 Å². The van der Waals surface area contributed by atoms with Gasteiger partial charge in [-0.2, -0.15) is 0 Å². The summed E-state index contributed by atoms with van der Waals surface area (Å²) in [7, 11) is 1.98. The highest BCUT2D eigenvalue weighted by Gasteiger charge is 2.21. The van der Waals surface area contributed by atoms with E-state index < -0.39 is 0 Å². The number of benzene rings is 2. The van der Waals surface area contributed by atoms with Crippen LogP contribution in [-0.2, 0) is 12.8 Å². The maximum atomic E-state index is 13.6. The van der Waals surface area contributed by atoms with Crippen LogP contribution in [0.5, 0.6) is 0 Å². The van der Waals surface area contributed by atoms with Gasteiger partial charge in [0.25, 0.3) is 0 Å². The van der Waals surface area contributed by atoms with Crippen LogP contribution in [0.1, 0.15) is 34.6 Å². The normalized spacial score (nSPS) is 17.2. The van der Waals surface area contributed by atoms with Gasteiger partial charge < -0.3 is 5.32 Å². The molecule has 3 rings (SSSR count). The van der Waals surface area contributed by atoms with Gasteiger partial charge >= 0.3 is 0 Å². The zero-order chi connectivity index (χ0) is 13.9. The SMILES string of the molecule is CNCCC1Cc2ccccc2Cc2cc(F)ccc21. The molecule has 0 aliphatic heterocycles. The minimum Gasteiger partial charge on any atom is -0.320 e. The molecule has 2 aromatic carbocycles. The molecule has 1 nitrogen and oxygen atoms in total. The second kappa shape index (κ2) is 5.76. The third-order valence-electron chi connectivity index (χ3n) is 4.25. The predicted octanol–water partition coefficient (Wildman–Crippen LogP) is 3.67. The molecule has 0 aromatic heterocycles. The lowest BCUT2D eigenvalue weighted by Crippen LogP contribution is -2.14. The Morgan fingerprint density at radius 1 is 1.10 bits per heavy atom. The third-order valence-corrected chi connectivity index (χ3v) is 4.25. The monoisotopic (exact) mass is 269 g/mol. The van der Waals surface area contributed by atoms with Gasteiger partial charge in [-0.25, -0.2) is 4.39 Å². The number of halogens is 1. The van der Waals surface area contributed by atoms with Gasteiger partial charge in [-0.1, -0.05) is 30.3 Å². The molecular formula is C18H20FN. The van der Waals surface area contributed by atoms with Crippen molar-refractivity contribution in [1.29, 1.82) is 0 Å². The highest BCUT2D eigenvalue weighted by Crippen LogP contribution is 2.34. The summed E-state index contributed by atoms with van der Waals surface area (Å²) in [5.41, 5.74) is 5.21. The van der Waals surface area contributed by atoms with Crippen molar-refractivity contribution in [2.75, 3.05) is 13.6 Å². The van der Waals surface area contributed by atoms with E-state index in [-0.39, 0.29) is 5.82 Å². The molecule has 2 heteroatoms. The van der Waals surface area contributed by atoms with E-state index in [0.717, 1.165) is 31.4 Å². The Kier molecular flexibility index (Phi) is 3.83. The Hall–Kier alpha value is -1.67. The Morgan fingerprint density at radius 2 is 1.90 bits per heavy atom. The highest BCUT2D eigenvalue weighted by molar-refractivity contribution is 5.42. The molecule has 0 heterocycles. The Labute approximate surface area is 119 Å². The molecule has 2 aromatic rings.